The van der Waals surface area contributed by atoms with Gasteiger partial charge < -0.3 is 9.26 Å². The largest absolute Gasteiger partial charge is 0.466 e. The molecule has 1 aromatic rings. The number of esters is 1. The summed E-state index contributed by atoms with van der Waals surface area (Å²) in [4.78, 5) is 11.3. The third-order valence-corrected chi connectivity index (χ3v) is 5.16. The van der Waals surface area contributed by atoms with Gasteiger partial charge in [-0.2, -0.15) is 0 Å². The first-order chi connectivity index (χ1) is 10.4. The van der Waals surface area contributed by atoms with E-state index in [4.69, 9.17) is 9.05 Å². The highest BCUT2D eigenvalue weighted by Gasteiger charge is 2.35. The second-order valence-corrected chi connectivity index (χ2v) is 6.88. The zero-order valence-electron chi connectivity index (χ0n) is 13.1. The molecule has 0 amide bonds. The summed E-state index contributed by atoms with van der Waals surface area (Å²) in [6, 6.07) is 3.84. The molecule has 1 heterocycles. The lowest BCUT2D eigenvalue weighted by molar-refractivity contribution is -0.134. The van der Waals surface area contributed by atoms with Crippen molar-refractivity contribution in [2.75, 3.05) is 13.7 Å². The molecule has 0 spiro atoms. The van der Waals surface area contributed by atoms with Gasteiger partial charge in [-0.15, -0.1) is 0 Å². The number of carbonyl (C=O) groups excluding carboxylic acids is 1. The number of rotatable bonds is 4. The van der Waals surface area contributed by atoms with Gasteiger partial charge in [-0.1, -0.05) is 6.07 Å². The van der Waals surface area contributed by atoms with E-state index in [1.165, 1.54) is 19.3 Å². The lowest BCUT2D eigenvalue weighted by Gasteiger charge is -2.26. The third-order valence-electron chi connectivity index (χ3n) is 3.21. The van der Waals surface area contributed by atoms with Crippen LogP contribution in [0, 0.1) is 13.8 Å². The Morgan fingerprint density at radius 1 is 1.36 bits per heavy atom. The number of benzene rings is 1. The minimum Gasteiger partial charge on any atom is -0.466 e. The Kier molecular flexibility index (Phi) is 4.89. The van der Waals surface area contributed by atoms with E-state index >= 15 is 0 Å². The van der Waals surface area contributed by atoms with Gasteiger partial charge in [-0.3, -0.25) is 4.52 Å². The normalized spacial score (nSPS) is 20.3. The van der Waals surface area contributed by atoms with Gasteiger partial charge in [0.2, 0.25) is 0 Å². The molecule has 0 saturated heterocycles. The molecule has 22 heavy (non-hydrogen) atoms. The van der Waals surface area contributed by atoms with Crippen molar-refractivity contribution in [3.05, 3.63) is 46.3 Å². The molecule has 1 atom stereocenters. The van der Waals surface area contributed by atoms with E-state index in [0.29, 0.717) is 11.1 Å². The van der Waals surface area contributed by atoms with Gasteiger partial charge in [0, 0.05) is 11.6 Å². The van der Waals surface area contributed by atoms with Crippen molar-refractivity contribution in [2.45, 2.75) is 20.8 Å². The number of fused-ring (bicyclic) bond motifs is 1. The monoisotopic (exact) mass is 322 g/mol. The van der Waals surface area contributed by atoms with E-state index in [1.54, 1.807) is 13.0 Å². The Hall–Kier alpha value is -1.84. The minimum absolute atomic E-state index is 0.237. The lowest BCUT2D eigenvalue weighted by atomic mass is 10.0. The second kappa shape index (κ2) is 6.51. The zero-order valence-corrected chi connectivity index (χ0v) is 14.0. The maximum absolute atomic E-state index is 12.9. The molecule has 2 rings (SSSR count). The van der Waals surface area contributed by atoms with Crippen molar-refractivity contribution in [3.63, 3.8) is 0 Å². The zero-order chi connectivity index (χ0) is 16.3. The van der Waals surface area contributed by atoms with Crippen molar-refractivity contribution in [3.8, 4) is 5.75 Å². The molecule has 0 bridgehead atoms. The summed E-state index contributed by atoms with van der Waals surface area (Å²) < 4.78 is 28.5. The molecule has 0 N–H and O–H groups in total. The summed E-state index contributed by atoms with van der Waals surface area (Å²) in [7, 11) is -2.22. The number of carbonyl (C=O) groups is 1. The molecule has 0 aromatic heterocycles. The molecule has 118 valence electrons. The van der Waals surface area contributed by atoms with Crippen LogP contribution in [0.1, 0.15) is 23.6 Å². The Bertz CT molecular complexity index is 703. The smallest absolute Gasteiger partial charge is 0.410 e. The summed E-state index contributed by atoms with van der Waals surface area (Å²) in [6.07, 6.45) is 4.36. The minimum atomic E-state index is -3.50. The van der Waals surface area contributed by atoms with Crippen LogP contribution in [0.15, 0.2) is 29.6 Å². The molecule has 1 aliphatic rings. The molecule has 1 aromatic carbocycles. The van der Waals surface area contributed by atoms with Gasteiger partial charge in [0.05, 0.1) is 19.0 Å². The quantitative estimate of drug-likeness (QED) is 0.476. The van der Waals surface area contributed by atoms with E-state index in [9.17, 15) is 9.36 Å². The van der Waals surface area contributed by atoms with Crippen LogP contribution < -0.4 is 4.52 Å². The summed E-state index contributed by atoms with van der Waals surface area (Å²) in [6.45, 7) is 5.87. The van der Waals surface area contributed by atoms with Crippen molar-refractivity contribution in [1.82, 2.24) is 0 Å². The van der Waals surface area contributed by atoms with Gasteiger partial charge in [0.15, 0.2) is 0 Å². The number of aryl methyl sites for hydroxylation is 2. The molecule has 0 fully saturated rings. The Morgan fingerprint density at radius 3 is 2.73 bits per heavy atom. The first-order valence-electron chi connectivity index (χ1n) is 6.93. The number of ether oxygens (including phenoxy) is 1. The number of allylic oxidation sites excluding steroid dienone is 2. The summed E-state index contributed by atoms with van der Waals surface area (Å²) in [5, 5.41) is 0.333. The molecule has 6 heteroatoms. The highest BCUT2D eigenvalue weighted by molar-refractivity contribution is 7.59. The number of hydrogen-bond donors (Lipinski definition) is 0. The van der Waals surface area contributed by atoms with Crippen molar-refractivity contribution in [1.29, 1.82) is 0 Å². The van der Waals surface area contributed by atoms with E-state index in [0.717, 1.165) is 16.7 Å². The number of methoxy groups -OCH3 is 1. The van der Waals surface area contributed by atoms with Crippen molar-refractivity contribution >= 4 is 19.6 Å². The molecule has 0 radical (unpaired) electrons. The SMILES string of the molecule is CCOP1(=O)Oc2cc(C)cc(C)c2C=C1/C=C/C(=O)OC. The van der Waals surface area contributed by atoms with Crippen LogP contribution >= 0.6 is 7.60 Å². The summed E-state index contributed by atoms with van der Waals surface area (Å²) in [5.74, 6) is -0.000116. The first kappa shape index (κ1) is 16.5. The molecular formula is C16H19O5P. The van der Waals surface area contributed by atoms with Crippen molar-refractivity contribution < 1.29 is 23.1 Å². The molecule has 0 saturated carbocycles. The predicted molar refractivity (Wildman–Crippen MR) is 84.9 cm³/mol. The van der Waals surface area contributed by atoms with E-state index in [-0.39, 0.29) is 6.61 Å². The third kappa shape index (κ3) is 3.32. The van der Waals surface area contributed by atoms with Crippen LogP contribution in [0.5, 0.6) is 5.75 Å². The topological polar surface area (TPSA) is 61.8 Å². The van der Waals surface area contributed by atoms with Gasteiger partial charge in [0.1, 0.15) is 5.75 Å². The second-order valence-electron chi connectivity index (χ2n) is 4.93. The van der Waals surface area contributed by atoms with Crippen LogP contribution in [-0.2, 0) is 18.6 Å². The van der Waals surface area contributed by atoms with E-state index in [1.807, 2.05) is 26.0 Å². The van der Waals surface area contributed by atoms with Crippen LogP contribution in [0.25, 0.3) is 6.08 Å². The highest BCUT2D eigenvalue weighted by atomic mass is 31.2. The number of hydrogen-bond acceptors (Lipinski definition) is 5. The maximum atomic E-state index is 12.9. The van der Waals surface area contributed by atoms with E-state index in [2.05, 4.69) is 4.74 Å². The van der Waals surface area contributed by atoms with Crippen LogP contribution in [-0.4, -0.2) is 19.7 Å². The van der Waals surface area contributed by atoms with Gasteiger partial charge in [-0.05, 0) is 50.1 Å². The van der Waals surface area contributed by atoms with Gasteiger partial charge in [-0.25, -0.2) is 9.36 Å². The van der Waals surface area contributed by atoms with E-state index < -0.39 is 13.6 Å². The predicted octanol–water partition coefficient (Wildman–Crippen LogP) is 4.00. The van der Waals surface area contributed by atoms with Gasteiger partial charge in [0.25, 0.3) is 0 Å². The summed E-state index contributed by atoms with van der Waals surface area (Å²) in [5.41, 5.74) is 2.85. The fourth-order valence-electron chi connectivity index (χ4n) is 2.24. The standard InChI is InChI=1S/C16H19O5P/c1-5-20-22(18)13(6-7-16(17)19-4)10-14-12(3)8-11(2)9-15(14)21-22/h6-10H,5H2,1-4H3/b7-6+. The lowest BCUT2D eigenvalue weighted by Crippen LogP contribution is -2.07. The average Bonchev–Trinajstić information content (AvgIpc) is 2.44. The van der Waals surface area contributed by atoms with Crippen LogP contribution in [0.3, 0.4) is 0 Å². The molecule has 0 aliphatic carbocycles. The highest BCUT2D eigenvalue weighted by Crippen LogP contribution is 2.60. The average molecular weight is 322 g/mol. The fraction of sp³-hybridized carbons (Fsp3) is 0.312. The molecular weight excluding hydrogens is 303 g/mol. The molecule has 1 aliphatic heterocycles. The Morgan fingerprint density at radius 2 is 2.09 bits per heavy atom. The van der Waals surface area contributed by atoms with Crippen LogP contribution in [0.4, 0.5) is 0 Å². The summed E-state index contributed by atoms with van der Waals surface area (Å²) >= 11 is 0. The maximum Gasteiger partial charge on any atom is 0.410 e. The first-order valence-corrected chi connectivity index (χ1v) is 8.47. The Labute approximate surface area is 130 Å². The van der Waals surface area contributed by atoms with Gasteiger partial charge >= 0.3 is 13.6 Å². The van der Waals surface area contributed by atoms with Crippen molar-refractivity contribution in [2.24, 2.45) is 0 Å². The van der Waals surface area contributed by atoms with Crippen LogP contribution in [0.2, 0.25) is 0 Å². The fourth-order valence-corrected chi connectivity index (χ4v) is 3.84. The molecule has 5 nitrogen and oxygen atoms in total. The molecule has 1 unspecified atom stereocenters. The Balaban J connectivity index is 2.53.